The Balaban J connectivity index is 2.33. The summed E-state index contributed by atoms with van der Waals surface area (Å²) in [7, 11) is 0. The summed E-state index contributed by atoms with van der Waals surface area (Å²) in [6, 6.07) is 6.21. The lowest BCUT2D eigenvalue weighted by atomic mass is 10.0. The van der Waals surface area contributed by atoms with E-state index in [1.54, 1.807) is 0 Å². The molecule has 0 spiro atoms. The highest BCUT2D eigenvalue weighted by atomic mass is 127. The Morgan fingerprint density at radius 3 is 2.67 bits per heavy atom. The fraction of sp³-hybridized carbons (Fsp3) is 0.400. The lowest BCUT2D eigenvalue weighted by molar-refractivity contribution is 0.584. The van der Waals surface area contributed by atoms with E-state index in [9.17, 15) is 0 Å². The predicted molar refractivity (Wildman–Crippen MR) is 102 cm³/mol. The molecule has 0 aliphatic carbocycles. The molecule has 0 fully saturated rings. The summed E-state index contributed by atoms with van der Waals surface area (Å²) < 4.78 is 5.40. The average Bonchev–Trinajstić information content (AvgIpc) is 2.77. The molecule has 0 saturated carbocycles. The molecule has 1 aromatic heterocycles. The lowest BCUT2D eigenvalue weighted by Gasteiger charge is -2.15. The Morgan fingerprint density at radius 1 is 1.33 bits per heavy atom. The SMILES string of the molecule is CCc1nn(CC)c(CC(N)c2cc(I)ccc2Br)c1Br. The first kappa shape index (κ1) is 17.4. The second kappa shape index (κ2) is 7.57. The Labute approximate surface area is 156 Å². The maximum Gasteiger partial charge on any atom is 0.0766 e. The first-order valence-corrected chi connectivity index (χ1v) is 9.58. The second-order valence-electron chi connectivity index (χ2n) is 4.85. The van der Waals surface area contributed by atoms with Crippen molar-refractivity contribution in [3.63, 3.8) is 0 Å². The van der Waals surface area contributed by atoms with Gasteiger partial charge in [0.25, 0.3) is 0 Å². The van der Waals surface area contributed by atoms with E-state index in [0.29, 0.717) is 0 Å². The zero-order chi connectivity index (χ0) is 15.6. The molecule has 1 unspecified atom stereocenters. The van der Waals surface area contributed by atoms with Crippen molar-refractivity contribution in [2.45, 2.75) is 39.3 Å². The van der Waals surface area contributed by atoms with E-state index >= 15 is 0 Å². The molecular formula is C15H18Br2IN3. The maximum absolute atomic E-state index is 6.44. The van der Waals surface area contributed by atoms with Crippen LogP contribution in [0.1, 0.15) is 36.8 Å². The van der Waals surface area contributed by atoms with Crippen molar-refractivity contribution in [1.29, 1.82) is 0 Å². The topological polar surface area (TPSA) is 43.8 Å². The number of benzene rings is 1. The minimum absolute atomic E-state index is 0.0582. The van der Waals surface area contributed by atoms with Crippen molar-refractivity contribution in [2.24, 2.45) is 5.73 Å². The van der Waals surface area contributed by atoms with E-state index < -0.39 is 0 Å². The number of halogens is 3. The number of aryl methyl sites for hydroxylation is 2. The number of nitrogens with zero attached hydrogens (tertiary/aromatic N) is 2. The summed E-state index contributed by atoms with van der Waals surface area (Å²) in [5.41, 5.74) is 9.85. The molecule has 0 saturated heterocycles. The van der Waals surface area contributed by atoms with Crippen LogP contribution in [0.15, 0.2) is 27.1 Å². The van der Waals surface area contributed by atoms with Crippen molar-refractivity contribution >= 4 is 54.5 Å². The third-order valence-corrected chi connectivity index (χ3v) is 5.77. The molecule has 1 heterocycles. The number of aromatic nitrogens is 2. The van der Waals surface area contributed by atoms with Gasteiger partial charge in [0.05, 0.1) is 15.9 Å². The van der Waals surface area contributed by atoms with E-state index in [-0.39, 0.29) is 6.04 Å². The lowest BCUT2D eigenvalue weighted by Crippen LogP contribution is -2.17. The van der Waals surface area contributed by atoms with Gasteiger partial charge in [0.2, 0.25) is 0 Å². The third kappa shape index (κ3) is 3.89. The van der Waals surface area contributed by atoms with Gasteiger partial charge in [-0.1, -0.05) is 22.9 Å². The van der Waals surface area contributed by atoms with Crippen molar-refractivity contribution in [2.75, 3.05) is 0 Å². The molecule has 0 radical (unpaired) electrons. The fourth-order valence-electron chi connectivity index (χ4n) is 2.33. The van der Waals surface area contributed by atoms with Crippen LogP contribution in [0.5, 0.6) is 0 Å². The van der Waals surface area contributed by atoms with Gasteiger partial charge in [0.15, 0.2) is 0 Å². The Bertz CT molecular complexity index is 640. The number of rotatable bonds is 5. The minimum atomic E-state index is -0.0582. The summed E-state index contributed by atoms with van der Waals surface area (Å²) in [6.45, 7) is 5.08. The Hall–Kier alpha value is 0.0800. The van der Waals surface area contributed by atoms with Gasteiger partial charge in [0.1, 0.15) is 0 Å². The molecule has 1 atom stereocenters. The molecule has 114 valence electrons. The van der Waals surface area contributed by atoms with Gasteiger partial charge in [-0.25, -0.2) is 0 Å². The molecule has 2 N–H and O–H groups in total. The first-order chi connectivity index (χ1) is 9.97. The van der Waals surface area contributed by atoms with E-state index in [2.05, 4.69) is 91.6 Å². The van der Waals surface area contributed by atoms with Crippen LogP contribution >= 0.6 is 54.5 Å². The van der Waals surface area contributed by atoms with Crippen molar-refractivity contribution in [3.05, 3.63) is 47.7 Å². The molecule has 2 rings (SSSR count). The maximum atomic E-state index is 6.44. The van der Waals surface area contributed by atoms with Crippen LogP contribution in [0.2, 0.25) is 0 Å². The van der Waals surface area contributed by atoms with Crippen molar-refractivity contribution in [3.8, 4) is 0 Å². The molecule has 0 bridgehead atoms. The van der Waals surface area contributed by atoms with Gasteiger partial charge < -0.3 is 5.73 Å². The molecule has 0 aliphatic heterocycles. The Kier molecular flexibility index (Phi) is 6.28. The molecular weight excluding hydrogens is 509 g/mol. The van der Waals surface area contributed by atoms with Crippen LogP contribution in [0.25, 0.3) is 0 Å². The summed E-state index contributed by atoms with van der Waals surface area (Å²) in [6.07, 6.45) is 1.68. The molecule has 6 heteroatoms. The van der Waals surface area contributed by atoms with Crippen LogP contribution in [0.4, 0.5) is 0 Å². The van der Waals surface area contributed by atoms with E-state index in [1.807, 2.05) is 4.68 Å². The normalized spacial score (nSPS) is 12.7. The van der Waals surface area contributed by atoms with E-state index in [4.69, 9.17) is 5.73 Å². The van der Waals surface area contributed by atoms with Gasteiger partial charge in [-0.05, 0) is 75.6 Å². The predicted octanol–water partition coefficient (Wildman–Crippen LogP) is 4.84. The third-order valence-electron chi connectivity index (χ3n) is 3.46. The van der Waals surface area contributed by atoms with Crippen molar-refractivity contribution < 1.29 is 0 Å². The van der Waals surface area contributed by atoms with Crippen LogP contribution in [0, 0.1) is 3.57 Å². The van der Waals surface area contributed by atoms with Crippen LogP contribution < -0.4 is 5.73 Å². The van der Waals surface area contributed by atoms with Crippen LogP contribution in [-0.2, 0) is 19.4 Å². The zero-order valence-corrected chi connectivity index (χ0v) is 17.4. The smallest absolute Gasteiger partial charge is 0.0766 e. The number of hydrogen-bond donors (Lipinski definition) is 1. The Morgan fingerprint density at radius 2 is 2.05 bits per heavy atom. The first-order valence-electron chi connectivity index (χ1n) is 6.92. The highest BCUT2D eigenvalue weighted by molar-refractivity contribution is 14.1. The molecule has 21 heavy (non-hydrogen) atoms. The molecule has 0 amide bonds. The molecule has 2 aromatic rings. The van der Waals surface area contributed by atoms with Crippen LogP contribution in [-0.4, -0.2) is 9.78 Å². The second-order valence-corrected chi connectivity index (χ2v) is 7.75. The van der Waals surface area contributed by atoms with Crippen LogP contribution in [0.3, 0.4) is 0 Å². The quantitative estimate of drug-likeness (QED) is 0.567. The summed E-state index contributed by atoms with van der Waals surface area (Å²) in [4.78, 5) is 0. The molecule has 1 aromatic carbocycles. The highest BCUT2D eigenvalue weighted by Gasteiger charge is 2.19. The zero-order valence-electron chi connectivity index (χ0n) is 12.0. The van der Waals surface area contributed by atoms with E-state index in [1.165, 1.54) is 9.26 Å². The minimum Gasteiger partial charge on any atom is -0.324 e. The van der Waals surface area contributed by atoms with Crippen molar-refractivity contribution in [1.82, 2.24) is 9.78 Å². The molecule has 3 nitrogen and oxygen atoms in total. The number of hydrogen-bond acceptors (Lipinski definition) is 2. The summed E-state index contributed by atoms with van der Waals surface area (Å²) in [5, 5.41) is 4.63. The fourth-order valence-corrected chi connectivity index (χ4v) is 4.11. The summed E-state index contributed by atoms with van der Waals surface area (Å²) in [5.74, 6) is 0. The van der Waals surface area contributed by atoms with Gasteiger partial charge in [0, 0.05) is 27.1 Å². The monoisotopic (exact) mass is 525 g/mol. The van der Waals surface area contributed by atoms with E-state index in [0.717, 1.165) is 39.6 Å². The van der Waals surface area contributed by atoms with Gasteiger partial charge >= 0.3 is 0 Å². The highest BCUT2D eigenvalue weighted by Crippen LogP contribution is 2.30. The molecule has 0 aliphatic rings. The standard InChI is InChI=1S/C15H18Br2IN3/c1-3-13-15(17)14(21(4-2)20-13)8-12(19)10-7-9(18)5-6-11(10)16/h5-7,12H,3-4,8,19H2,1-2H3. The summed E-state index contributed by atoms with van der Waals surface area (Å²) >= 11 is 9.60. The van der Waals surface area contributed by atoms with Gasteiger partial charge in [-0.15, -0.1) is 0 Å². The van der Waals surface area contributed by atoms with Gasteiger partial charge in [-0.3, -0.25) is 4.68 Å². The largest absolute Gasteiger partial charge is 0.324 e. The van der Waals surface area contributed by atoms with Gasteiger partial charge in [-0.2, -0.15) is 5.10 Å². The average molecular weight is 527 g/mol. The number of nitrogens with two attached hydrogens (primary N) is 1.